The fraction of sp³-hybridized carbons (Fsp3) is 0.893. The van der Waals surface area contributed by atoms with E-state index >= 15 is 0 Å². The predicted octanol–water partition coefficient (Wildman–Crippen LogP) is 4.03. The van der Waals surface area contributed by atoms with Gasteiger partial charge in [0.15, 0.2) is 18.9 Å². The smallest absolute Gasteiger partial charge is 0.364 e. The number of nitrogens with one attached hydrogen (secondary N) is 3. The summed E-state index contributed by atoms with van der Waals surface area (Å²) in [6, 6.07) is -4.33. The Morgan fingerprint density at radius 1 is 0.510 bits per heavy atom. The first kappa shape index (κ1) is 92.9. The zero-order valence-electron chi connectivity index (χ0n) is 62.5. The van der Waals surface area contributed by atoms with E-state index in [1.807, 2.05) is 6.08 Å². The summed E-state index contributed by atoms with van der Waals surface area (Å²) in [5.41, 5.74) is 0. The number of carbonyl (C=O) groups excluding carboxylic acids is 3. The van der Waals surface area contributed by atoms with Gasteiger partial charge in [0, 0.05) is 26.7 Å². The van der Waals surface area contributed by atoms with Crippen LogP contribution >= 0.6 is 0 Å². The van der Waals surface area contributed by atoms with Crippen LogP contribution in [0.15, 0.2) is 24.3 Å². The topological polar surface area (TPSA) is 461 Å². The quantitative estimate of drug-likeness (QED) is 0.0302. The normalized spacial score (nSPS) is 30.9. The van der Waals surface area contributed by atoms with Crippen LogP contribution in [0.25, 0.3) is 0 Å². The van der Waals surface area contributed by atoms with Crippen LogP contribution in [0, 0.1) is 0 Å². The number of carboxylic acids is 1. The molecule has 4 aliphatic rings. The lowest BCUT2D eigenvalue weighted by molar-refractivity contribution is -0.376. The zero-order valence-corrected chi connectivity index (χ0v) is 62.5. The Morgan fingerprint density at radius 2 is 0.933 bits per heavy atom. The van der Waals surface area contributed by atoms with Gasteiger partial charge in [0.05, 0.1) is 57.3 Å². The number of amides is 3. The molecule has 4 rings (SSSR count). The maximum Gasteiger partial charge on any atom is 0.364 e. The largest absolute Gasteiger partial charge is 0.477 e. The molecule has 104 heavy (non-hydrogen) atoms. The fourth-order valence-electron chi connectivity index (χ4n) is 13.8. The Morgan fingerprint density at radius 3 is 1.39 bits per heavy atom. The first-order valence-corrected chi connectivity index (χ1v) is 39.2. The summed E-state index contributed by atoms with van der Waals surface area (Å²) in [4.78, 5) is 50.9. The van der Waals surface area contributed by atoms with Gasteiger partial charge >= 0.3 is 5.97 Å². The first-order valence-electron chi connectivity index (χ1n) is 39.2. The summed E-state index contributed by atoms with van der Waals surface area (Å²) in [7, 11) is 0. The van der Waals surface area contributed by atoms with Gasteiger partial charge in [-0.15, -0.1) is 0 Å². The molecule has 0 aromatic carbocycles. The lowest BCUT2D eigenvalue weighted by atomic mass is 9.88. The number of hydrogen-bond acceptors (Lipinski definition) is 25. The average Bonchev–Trinajstić information content (AvgIpc) is 0.774. The van der Waals surface area contributed by atoms with E-state index in [0.717, 1.165) is 65.2 Å². The maximum absolute atomic E-state index is 13.5. The molecule has 17 N–H and O–H groups in total. The molecule has 23 atom stereocenters. The van der Waals surface area contributed by atoms with Gasteiger partial charge in [0.25, 0.3) is 5.79 Å². The molecule has 0 spiro atoms. The van der Waals surface area contributed by atoms with Gasteiger partial charge in [-0.25, -0.2) is 4.79 Å². The highest BCUT2D eigenvalue weighted by atomic mass is 16.8. The summed E-state index contributed by atoms with van der Waals surface area (Å²) >= 11 is 0. The molecule has 29 nitrogen and oxygen atoms in total. The van der Waals surface area contributed by atoms with Crippen LogP contribution in [-0.4, -0.2) is 269 Å². The molecule has 0 aromatic heterocycles. The monoisotopic (exact) mass is 1490 g/mol. The van der Waals surface area contributed by atoms with Gasteiger partial charge in [0.2, 0.25) is 17.7 Å². The molecule has 606 valence electrons. The Kier molecular flexibility index (Phi) is 47.0. The molecular weight excluding hydrogens is 1360 g/mol. The fourth-order valence-corrected chi connectivity index (χ4v) is 13.8. The van der Waals surface area contributed by atoms with Crippen molar-refractivity contribution in [2.75, 3.05) is 33.0 Å². The van der Waals surface area contributed by atoms with E-state index < -0.39 is 198 Å². The van der Waals surface area contributed by atoms with Gasteiger partial charge in [-0.3, -0.25) is 14.4 Å². The van der Waals surface area contributed by atoms with Gasteiger partial charge in [0.1, 0.15) is 91.5 Å². The molecule has 29 heteroatoms. The van der Waals surface area contributed by atoms with Crippen molar-refractivity contribution >= 4 is 23.7 Å². The summed E-state index contributed by atoms with van der Waals surface area (Å²) < 4.78 is 46.9. The minimum Gasteiger partial charge on any atom is -0.477 e. The van der Waals surface area contributed by atoms with Gasteiger partial charge in [-0.2, -0.15) is 0 Å². The van der Waals surface area contributed by atoms with Crippen molar-refractivity contribution in [3.63, 3.8) is 0 Å². The third-order valence-electron chi connectivity index (χ3n) is 20.1. The van der Waals surface area contributed by atoms with E-state index in [4.69, 9.17) is 37.9 Å². The molecule has 0 saturated carbocycles. The highest BCUT2D eigenvalue weighted by Crippen LogP contribution is 2.37. The van der Waals surface area contributed by atoms with Crippen LogP contribution in [0.5, 0.6) is 0 Å². The van der Waals surface area contributed by atoms with Crippen LogP contribution in [-0.2, 0) is 57.1 Å². The Bertz CT molecular complexity index is 2370. The van der Waals surface area contributed by atoms with Crippen molar-refractivity contribution in [1.29, 1.82) is 0 Å². The molecule has 8 unspecified atom stereocenters. The Hall–Kier alpha value is -3.48. The third kappa shape index (κ3) is 32.6. The number of carboxylic acid groups (broad SMARTS) is 1. The molecule has 0 bridgehead atoms. The SMILES string of the molecule is CCCCCCCC/C=C\CCCCCCCCCCCCCCCC(=O)N[C@@H](CO[C@@H]1OC(CO)[C@@H](O[C@@H]2OC(CO)[C@H](O[C@@H]3OC(CO[C@]4(C(=O)O)CC(O)[C@@H](NC(C)=O)C([C@H](O)[C@H](O)CO)O4)[C@H](O)[C@H](O)C3NC(C)=O)[C@H](O)C2O)[C@H](O)C1O)[C@H](O)/C=C/CCCCCCCCCCCCC. The molecule has 4 heterocycles. The van der Waals surface area contributed by atoms with E-state index in [9.17, 15) is 90.7 Å². The lowest BCUT2D eigenvalue weighted by Crippen LogP contribution is -2.69. The second kappa shape index (κ2) is 52.6. The molecule has 0 aliphatic carbocycles. The lowest BCUT2D eigenvalue weighted by Gasteiger charge is -2.49. The van der Waals surface area contributed by atoms with Crippen molar-refractivity contribution in [3.05, 3.63) is 24.3 Å². The van der Waals surface area contributed by atoms with Crippen LogP contribution in [0.4, 0.5) is 0 Å². The van der Waals surface area contributed by atoms with Gasteiger partial charge in [-0.05, 0) is 44.9 Å². The second-order valence-corrected chi connectivity index (χ2v) is 29.0. The van der Waals surface area contributed by atoms with Crippen LogP contribution in [0.1, 0.15) is 252 Å². The van der Waals surface area contributed by atoms with Crippen molar-refractivity contribution in [1.82, 2.24) is 16.0 Å². The Balaban J connectivity index is 1.33. The van der Waals surface area contributed by atoms with Gasteiger partial charge in [-0.1, -0.05) is 205 Å². The molecule has 4 aliphatic heterocycles. The highest BCUT2D eigenvalue weighted by molar-refractivity contribution is 5.77. The number of aliphatic carboxylic acids is 1. The van der Waals surface area contributed by atoms with Crippen molar-refractivity contribution < 1.29 is 129 Å². The Labute approximate surface area is 616 Å². The summed E-state index contributed by atoms with van der Waals surface area (Å²) in [6.07, 6.45) is 10.3. The molecule has 0 radical (unpaired) electrons. The first-order chi connectivity index (χ1) is 50.0. The standard InChI is InChI=1S/C75H135N3O26/c1-5-7-9-11-13-15-17-19-20-21-22-23-24-25-26-27-28-30-32-34-36-38-40-42-58(87)78-51(52(84)41-39-37-35-33-31-29-18-16-14-12-10-8-6-2)47-97-72-66(93)64(91)69(55(45-80)99-72)103-73-67(94)65(92)68(56(46-81)100-73)102-71-60(77-50(4)83)63(90)62(89)57(101-71)48-98-75(74(95)96)43-53(85)59(76-49(3)82)70(104-75)61(88)54(86)44-79/h19-20,39,41,51-57,59-73,79-81,84-86,88-94H,5-18,21-38,40,42-48H2,1-4H3,(H,76,82)(H,77,83)(H,78,87)(H,95,96)/b20-19-,41-39+/t51-,52+,53?,54+,55?,56?,57?,59+,60?,61+,62-,63+,64+,65+,66?,67?,68-,69+,70?,71-,72+,73-,75+/m0/s1. The number of aliphatic hydroxyl groups excluding tert-OH is 13. The highest BCUT2D eigenvalue weighted by Gasteiger charge is 2.58. The maximum atomic E-state index is 13.5. The predicted molar refractivity (Wildman–Crippen MR) is 383 cm³/mol. The number of aliphatic hydroxyl groups is 13. The number of carbonyl (C=O) groups is 4. The minimum atomic E-state index is -2.95. The number of hydrogen-bond donors (Lipinski definition) is 17. The van der Waals surface area contributed by atoms with E-state index in [1.165, 1.54) is 148 Å². The van der Waals surface area contributed by atoms with E-state index in [0.29, 0.717) is 12.8 Å². The average molecular weight is 1490 g/mol. The van der Waals surface area contributed by atoms with Crippen molar-refractivity contribution in [2.45, 2.75) is 393 Å². The molecule has 4 fully saturated rings. The molecule has 4 saturated heterocycles. The van der Waals surface area contributed by atoms with Gasteiger partial charge < -0.3 is 125 Å². The van der Waals surface area contributed by atoms with Crippen LogP contribution in [0.3, 0.4) is 0 Å². The van der Waals surface area contributed by atoms with Crippen molar-refractivity contribution in [3.8, 4) is 0 Å². The van der Waals surface area contributed by atoms with Crippen LogP contribution in [0.2, 0.25) is 0 Å². The van der Waals surface area contributed by atoms with E-state index in [2.05, 4.69) is 41.9 Å². The zero-order chi connectivity index (χ0) is 76.4. The third-order valence-corrected chi connectivity index (χ3v) is 20.1. The van der Waals surface area contributed by atoms with E-state index in [1.54, 1.807) is 6.08 Å². The summed E-state index contributed by atoms with van der Waals surface area (Å²) in [5.74, 6) is -6.77. The van der Waals surface area contributed by atoms with Crippen LogP contribution < -0.4 is 16.0 Å². The van der Waals surface area contributed by atoms with Crippen molar-refractivity contribution in [2.24, 2.45) is 0 Å². The number of rotatable bonds is 56. The number of allylic oxidation sites excluding steroid dienone is 3. The molecular formula is C75H135N3O26. The summed E-state index contributed by atoms with van der Waals surface area (Å²) in [6.45, 7) is 2.06. The van der Waals surface area contributed by atoms with E-state index in [-0.39, 0.29) is 12.3 Å². The minimum absolute atomic E-state index is 0.192. The molecule has 3 amide bonds. The number of ether oxygens (including phenoxy) is 8. The summed E-state index contributed by atoms with van der Waals surface area (Å²) in [5, 5.41) is 162. The second-order valence-electron chi connectivity index (χ2n) is 29.0. The number of unbranched alkanes of at least 4 members (excludes halogenated alkanes) is 30. The molecule has 0 aromatic rings.